The first-order valence-corrected chi connectivity index (χ1v) is 17.4. The van der Waals surface area contributed by atoms with Crippen LogP contribution in [0.25, 0.3) is 98.5 Å². The van der Waals surface area contributed by atoms with Gasteiger partial charge >= 0.3 is 0 Å². The molecule has 0 aliphatic heterocycles. The summed E-state index contributed by atoms with van der Waals surface area (Å²) in [5, 5.41) is 4.61. The Morgan fingerprint density at radius 3 is 1.62 bits per heavy atom. The standard InChI is InChI=1S/C45H27N3OS/c1-2-10-28(11-3-1)29-12-8-13-30(24-29)31-14-9-15-32(25-31)43-46-44(33-21-23-42-38(26-33)37-17-5-7-19-41(37)50-42)48-45(47-43)34-20-22-36-35-16-4-6-18-39(35)49-40(36)27-34/h1-27H. The van der Waals surface area contributed by atoms with Crippen LogP contribution in [0.2, 0.25) is 0 Å². The highest BCUT2D eigenvalue weighted by molar-refractivity contribution is 7.25. The van der Waals surface area contributed by atoms with Crippen molar-refractivity contribution in [1.82, 2.24) is 15.0 Å². The van der Waals surface area contributed by atoms with Gasteiger partial charge in [0.15, 0.2) is 17.5 Å². The Morgan fingerprint density at radius 2 is 0.840 bits per heavy atom. The maximum atomic E-state index is 6.26. The van der Waals surface area contributed by atoms with Gasteiger partial charge in [0.25, 0.3) is 0 Å². The molecule has 7 aromatic carbocycles. The normalized spacial score (nSPS) is 11.6. The SMILES string of the molecule is c1ccc(-c2cccc(-c3cccc(-c4nc(-c5ccc6c(c5)oc5ccccc56)nc(-c5ccc6sc7ccccc7c6c5)n4)c3)c2)cc1. The number of furan rings is 1. The van der Waals surface area contributed by atoms with Gasteiger partial charge in [0.05, 0.1) is 0 Å². The first-order valence-electron chi connectivity index (χ1n) is 16.6. The molecule has 0 saturated heterocycles. The molecule has 50 heavy (non-hydrogen) atoms. The van der Waals surface area contributed by atoms with Gasteiger partial charge in [-0.1, -0.05) is 109 Å². The number of nitrogens with zero attached hydrogens (tertiary/aromatic N) is 3. The molecule has 0 unspecified atom stereocenters. The summed E-state index contributed by atoms with van der Waals surface area (Å²) in [6.07, 6.45) is 0. The van der Waals surface area contributed by atoms with Crippen LogP contribution in [-0.4, -0.2) is 15.0 Å². The summed E-state index contributed by atoms with van der Waals surface area (Å²) in [6.45, 7) is 0. The van der Waals surface area contributed by atoms with E-state index in [1.54, 1.807) is 11.3 Å². The Labute approximate surface area is 292 Å². The van der Waals surface area contributed by atoms with E-state index in [4.69, 9.17) is 19.4 Å². The predicted molar refractivity (Wildman–Crippen MR) is 207 cm³/mol. The topological polar surface area (TPSA) is 51.8 Å². The zero-order valence-electron chi connectivity index (χ0n) is 26.7. The van der Waals surface area contributed by atoms with Gasteiger partial charge in [-0.15, -0.1) is 11.3 Å². The van der Waals surface area contributed by atoms with E-state index in [9.17, 15) is 0 Å². The molecule has 3 heterocycles. The van der Waals surface area contributed by atoms with Crippen LogP contribution in [-0.2, 0) is 0 Å². The molecule has 0 fully saturated rings. The number of aromatic nitrogens is 3. The van der Waals surface area contributed by atoms with E-state index < -0.39 is 0 Å². The lowest BCUT2D eigenvalue weighted by Gasteiger charge is -2.11. The molecule has 0 amide bonds. The van der Waals surface area contributed by atoms with Gasteiger partial charge in [-0.2, -0.15) is 0 Å². The van der Waals surface area contributed by atoms with E-state index >= 15 is 0 Å². The van der Waals surface area contributed by atoms with Crippen molar-refractivity contribution in [3.8, 4) is 56.4 Å². The highest BCUT2D eigenvalue weighted by Crippen LogP contribution is 2.37. The number of para-hydroxylation sites is 1. The molecule has 0 atom stereocenters. The second-order valence-corrected chi connectivity index (χ2v) is 13.5. The smallest absolute Gasteiger partial charge is 0.164 e. The van der Waals surface area contributed by atoms with Crippen molar-refractivity contribution >= 4 is 53.4 Å². The van der Waals surface area contributed by atoms with Crippen molar-refractivity contribution < 1.29 is 4.42 Å². The summed E-state index contributed by atoms with van der Waals surface area (Å²) in [6, 6.07) is 57.0. The molecule has 234 valence electrons. The first-order chi connectivity index (χ1) is 24.7. The summed E-state index contributed by atoms with van der Waals surface area (Å²) in [7, 11) is 0. The molecule has 0 aliphatic rings. The van der Waals surface area contributed by atoms with Crippen molar-refractivity contribution in [2.24, 2.45) is 0 Å². The molecular formula is C45H27N3OS. The van der Waals surface area contributed by atoms with Crippen molar-refractivity contribution in [3.05, 3.63) is 164 Å². The van der Waals surface area contributed by atoms with Crippen LogP contribution >= 0.6 is 11.3 Å². The zero-order chi connectivity index (χ0) is 33.0. The van der Waals surface area contributed by atoms with Gasteiger partial charge in [-0.25, -0.2) is 15.0 Å². The second-order valence-electron chi connectivity index (χ2n) is 12.5. The van der Waals surface area contributed by atoms with E-state index in [1.165, 1.54) is 31.3 Å². The monoisotopic (exact) mass is 657 g/mol. The van der Waals surface area contributed by atoms with E-state index in [1.807, 2.05) is 30.3 Å². The number of thiophene rings is 1. The number of rotatable bonds is 5. The third kappa shape index (κ3) is 4.95. The fourth-order valence-corrected chi connectivity index (χ4v) is 7.93. The van der Waals surface area contributed by atoms with E-state index in [2.05, 4.69) is 133 Å². The Morgan fingerprint density at radius 1 is 0.320 bits per heavy atom. The minimum atomic E-state index is 0.596. The molecule has 3 aromatic heterocycles. The van der Waals surface area contributed by atoms with Gasteiger partial charge in [-0.3, -0.25) is 0 Å². The summed E-state index contributed by atoms with van der Waals surface area (Å²) < 4.78 is 8.77. The van der Waals surface area contributed by atoms with Gasteiger partial charge in [-0.05, 0) is 76.9 Å². The number of hydrogen-bond donors (Lipinski definition) is 0. The third-order valence-corrected chi connectivity index (χ3v) is 10.5. The Bertz CT molecular complexity index is 2890. The summed E-state index contributed by atoms with van der Waals surface area (Å²) in [5.74, 6) is 1.84. The number of hydrogen-bond acceptors (Lipinski definition) is 5. The number of fused-ring (bicyclic) bond motifs is 6. The highest BCUT2D eigenvalue weighted by atomic mass is 32.1. The molecular weight excluding hydrogens is 631 g/mol. The molecule has 10 aromatic rings. The van der Waals surface area contributed by atoms with Gasteiger partial charge < -0.3 is 4.42 Å². The molecule has 0 aliphatic carbocycles. The van der Waals surface area contributed by atoms with Crippen LogP contribution in [0.1, 0.15) is 0 Å². The molecule has 0 bridgehead atoms. The van der Waals surface area contributed by atoms with Crippen LogP contribution in [0, 0.1) is 0 Å². The van der Waals surface area contributed by atoms with Crippen molar-refractivity contribution in [3.63, 3.8) is 0 Å². The third-order valence-electron chi connectivity index (χ3n) is 9.33. The van der Waals surface area contributed by atoms with Crippen LogP contribution in [0.4, 0.5) is 0 Å². The van der Waals surface area contributed by atoms with Gasteiger partial charge in [0, 0.05) is 47.6 Å². The molecule has 0 spiro atoms. The lowest BCUT2D eigenvalue weighted by Crippen LogP contribution is -2.00. The van der Waals surface area contributed by atoms with Crippen LogP contribution in [0.15, 0.2) is 168 Å². The summed E-state index contributed by atoms with van der Waals surface area (Å²) in [5.41, 5.74) is 9.00. The fraction of sp³-hybridized carbons (Fsp3) is 0. The van der Waals surface area contributed by atoms with E-state index in [-0.39, 0.29) is 0 Å². The van der Waals surface area contributed by atoms with E-state index in [0.717, 1.165) is 49.8 Å². The van der Waals surface area contributed by atoms with Crippen molar-refractivity contribution in [2.45, 2.75) is 0 Å². The van der Waals surface area contributed by atoms with Gasteiger partial charge in [0.2, 0.25) is 0 Å². The molecule has 0 N–H and O–H groups in total. The van der Waals surface area contributed by atoms with E-state index in [0.29, 0.717) is 17.5 Å². The largest absolute Gasteiger partial charge is 0.456 e. The maximum Gasteiger partial charge on any atom is 0.164 e. The maximum absolute atomic E-state index is 6.26. The van der Waals surface area contributed by atoms with Crippen LogP contribution < -0.4 is 0 Å². The molecule has 4 nitrogen and oxygen atoms in total. The molecule has 10 rings (SSSR count). The summed E-state index contributed by atoms with van der Waals surface area (Å²) in [4.78, 5) is 15.3. The minimum Gasteiger partial charge on any atom is -0.456 e. The molecule has 5 heteroatoms. The molecule has 0 radical (unpaired) electrons. The van der Waals surface area contributed by atoms with Crippen molar-refractivity contribution in [2.75, 3.05) is 0 Å². The highest BCUT2D eigenvalue weighted by Gasteiger charge is 2.16. The minimum absolute atomic E-state index is 0.596. The Balaban J connectivity index is 1.13. The summed E-state index contributed by atoms with van der Waals surface area (Å²) >= 11 is 1.80. The fourth-order valence-electron chi connectivity index (χ4n) is 6.84. The van der Waals surface area contributed by atoms with Crippen LogP contribution in [0.5, 0.6) is 0 Å². The average molecular weight is 658 g/mol. The zero-order valence-corrected chi connectivity index (χ0v) is 27.6. The second kappa shape index (κ2) is 11.6. The van der Waals surface area contributed by atoms with Crippen molar-refractivity contribution in [1.29, 1.82) is 0 Å². The molecule has 0 saturated carbocycles. The Hall–Kier alpha value is -6.43. The van der Waals surface area contributed by atoms with Crippen LogP contribution in [0.3, 0.4) is 0 Å². The quantitative estimate of drug-likeness (QED) is 0.185. The first kappa shape index (κ1) is 28.6. The predicted octanol–water partition coefficient (Wildman–Crippen LogP) is 12.5. The average Bonchev–Trinajstić information content (AvgIpc) is 3.76. The number of benzene rings is 7. The Kier molecular flexibility index (Phi) is 6.64. The van der Waals surface area contributed by atoms with Gasteiger partial charge in [0.1, 0.15) is 11.2 Å². The lowest BCUT2D eigenvalue weighted by molar-refractivity contribution is 0.669. The lowest BCUT2D eigenvalue weighted by atomic mass is 9.98.